The van der Waals surface area contributed by atoms with Gasteiger partial charge in [0.15, 0.2) is 0 Å². The predicted octanol–water partition coefficient (Wildman–Crippen LogP) is 2.65. The van der Waals surface area contributed by atoms with Gasteiger partial charge >= 0.3 is 5.97 Å². The molecule has 104 valence electrons. The average Bonchev–Trinajstić information content (AvgIpc) is 2.28. The lowest BCUT2D eigenvalue weighted by Gasteiger charge is -2.40. The third kappa shape index (κ3) is 2.92. The fourth-order valence-electron chi connectivity index (χ4n) is 2.57. The smallest absolute Gasteiger partial charge is 0.310 e. The highest BCUT2D eigenvalue weighted by molar-refractivity contribution is 5.76. The van der Waals surface area contributed by atoms with Crippen LogP contribution in [0.4, 0.5) is 8.78 Å². The Morgan fingerprint density at radius 3 is 2.63 bits per heavy atom. The van der Waals surface area contributed by atoms with E-state index in [-0.39, 0.29) is 12.1 Å². The van der Waals surface area contributed by atoms with Crippen molar-refractivity contribution in [2.24, 2.45) is 5.41 Å². The number of carbonyl (C=O) groups is 1. The van der Waals surface area contributed by atoms with E-state index < -0.39 is 23.0 Å². The highest BCUT2D eigenvalue weighted by atomic mass is 19.1. The normalized spacial score (nSPS) is 17.3. The number of hydrogen-bond acceptors (Lipinski definition) is 2. The third-order valence-corrected chi connectivity index (χ3v) is 3.78. The molecule has 1 aromatic rings. The second kappa shape index (κ2) is 5.25. The molecule has 0 aromatic heterocycles. The van der Waals surface area contributed by atoms with Crippen molar-refractivity contribution in [1.82, 2.24) is 4.90 Å². The Balaban J connectivity index is 2.03. The number of aliphatic carboxylic acids is 1. The highest BCUT2D eigenvalue weighted by Crippen LogP contribution is 2.41. The monoisotopic (exact) mass is 269 g/mol. The maximum absolute atomic E-state index is 13.5. The minimum Gasteiger partial charge on any atom is -0.481 e. The summed E-state index contributed by atoms with van der Waals surface area (Å²) in [6.07, 6.45) is 2.21. The van der Waals surface area contributed by atoms with Crippen LogP contribution in [-0.4, -0.2) is 29.6 Å². The standard InChI is InChI=1S/C14H17F2NO2/c1-17(9-14(13(18)19)5-2-6-14)8-10-7-11(15)3-4-12(10)16/h3-4,7H,2,5-6,8-9H2,1H3,(H,18,19). The molecule has 0 unspecified atom stereocenters. The number of benzene rings is 1. The van der Waals surface area contributed by atoms with Crippen LogP contribution in [0.1, 0.15) is 24.8 Å². The summed E-state index contributed by atoms with van der Waals surface area (Å²) in [5.74, 6) is -1.75. The summed E-state index contributed by atoms with van der Waals surface area (Å²) >= 11 is 0. The van der Waals surface area contributed by atoms with E-state index in [1.165, 1.54) is 0 Å². The lowest BCUT2D eigenvalue weighted by Crippen LogP contribution is -2.46. The van der Waals surface area contributed by atoms with Crippen LogP contribution in [0.5, 0.6) is 0 Å². The van der Waals surface area contributed by atoms with Gasteiger partial charge in [-0.3, -0.25) is 4.79 Å². The van der Waals surface area contributed by atoms with Gasteiger partial charge in [0, 0.05) is 18.7 Å². The summed E-state index contributed by atoms with van der Waals surface area (Å²) < 4.78 is 26.6. The first kappa shape index (κ1) is 13.9. The van der Waals surface area contributed by atoms with E-state index in [2.05, 4.69) is 0 Å². The summed E-state index contributed by atoms with van der Waals surface area (Å²) in [6.45, 7) is 0.566. The molecule has 0 aliphatic heterocycles. The minimum absolute atomic E-state index is 0.207. The minimum atomic E-state index is -0.801. The third-order valence-electron chi connectivity index (χ3n) is 3.78. The van der Waals surface area contributed by atoms with E-state index in [1.54, 1.807) is 11.9 Å². The van der Waals surface area contributed by atoms with E-state index in [0.29, 0.717) is 19.4 Å². The molecule has 1 aliphatic rings. The zero-order chi connectivity index (χ0) is 14.0. The molecule has 19 heavy (non-hydrogen) atoms. The van der Waals surface area contributed by atoms with E-state index in [9.17, 15) is 18.7 Å². The Kier molecular flexibility index (Phi) is 3.85. The largest absolute Gasteiger partial charge is 0.481 e. The molecular formula is C14H17F2NO2. The van der Waals surface area contributed by atoms with E-state index in [1.807, 2.05) is 0 Å². The van der Waals surface area contributed by atoms with Gasteiger partial charge in [0.1, 0.15) is 11.6 Å². The molecule has 0 saturated heterocycles. The van der Waals surface area contributed by atoms with Crippen LogP contribution >= 0.6 is 0 Å². The maximum atomic E-state index is 13.5. The molecule has 0 amide bonds. The van der Waals surface area contributed by atoms with Gasteiger partial charge in [-0.1, -0.05) is 6.42 Å². The Morgan fingerprint density at radius 2 is 2.11 bits per heavy atom. The van der Waals surface area contributed by atoms with Crippen LogP contribution in [-0.2, 0) is 11.3 Å². The Morgan fingerprint density at radius 1 is 1.42 bits per heavy atom. The van der Waals surface area contributed by atoms with Gasteiger partial charge in [0.25, 0.3) is 0 Å². The van der Waals surface area contributed by atoms with Crippen molar-refractivity contribution in [2.45, 2.75) is 25.8 Å². The van der Waals surface area contributed by atoms with E-state index >= 15 is 0 Å². The van der Waals surface area contributed by atoms with Crippen molar-refractivity contribution in [3.8, 4) is 0 Å². The summed E-state index contributed by atoms with van der Waals surface area (Å²) in [5, 5.41) is 9.24. The first-order valence-corrected chi connectivity index (χ1v) is 6.29. The highest BCUT2D eigenvalue weighted by Gasteiger charge is 2.44. The molecule has 1 N–H and O–H groups in total. The number of carboxylic acid groups (broad SMARTS) is 1. The summed E-state index contributed by atoms with van der Waals surface area (Å²) in [5.41, 5.74) is -0.458. The predicted molar refractivity (Wildman–Crippen MR) is 66.6 cm³/mol. The Labute approximate surface area is 110 Å². The molecule has 3 nitrogen and oxygen atoms in total. The second-order valence-corrected chi connectivity index (χ2v) is 5.35. The molecule has 1 aromatic carbocycles. The molecule has 1 saturated carbocycles. The zero-order valence-electron chi connectivity index (χ0n) is 10.8. The van der Waals surface area contributed by atoms with Crippen molar-refractivity contribution in [1.29, 1.82) is 0 Å². The van der Waals surface area contributed by atoms with Crippen LogP contribution in [0.25, 0.3) is 0 Å². The topological polar surface area (TPSA) is 40.5 Å². The molecule has 0 spiro atoms. The van der Waals surface area contributed by atoms with Gasteiger partial charge in [-0.15, -0.1) is 0 Å². The average molecular weight is 269 g/mol. The van der Waals surface area contributed by atoms with Crippen molar-refractivity contribution < 1.29 is 18.7 Å². The number of halogens is 2. The Hall–Kier alpha value is -1.49. The molecule has 2 rings (SSSR count). The summed E-state index contributed by atoms with van der Waals surface area (Å²) in [4.78, 5) is 13.0. The summed E-state index contributed by atoms with van der Waals surface area (Å²) in [6, 6.07) is 3.32. The van der Waals surface area contributed by atoms with E-state index in [4.69, 9.17) is 0 Å². The van der Waals surface area contributed by atoms with E-state index in [0.717, 1.165) is 24.6 Å². The molecule has 5 heteroatoms. The Bertz CT molecular complexity index is 486. The molecule has 0 atom stereocenters. The fraction of sp³-hybridized carbons (Fsp3) is 0.500. The first-order valence-electron chi connectivity index (χ1n) is 6.29. The summed E-state index contributed by atoms with van der Waals surface area (Å²) in [7, 11) is 1.73. The molecule has 1 aliphatic carbocycles. The van der Waals surface area contributed by atoms with Crippen LogP contribution in [0.15, 0.2) is 18.2 Å². The molecular weight excluding hydrogens is 252 g/mol. The van der Waals surface area contributed by atoms with Gasteiger partial charge in [0.2, 0.25) is 0 Å². The van der Waals surface area contributed by atoms with Crippen LogP contribution < -0.4 is 0 Å². The number of rotatable bonds is 5. The van der Waals surface area contributed by atoms with Crippen molar-refractivity contribution in [3.63, 3.8) is 0 Å². The van der Waals surface area contributed by atoms with Crippen molar-refractivity contribution >= 4 is 5.97 Å². The van der Waals surface area contributed by atoms with Gasteiger partial charge in [-0.25, -0.2) is 8.78 Å². The molecule has 1 fully saturated rings. The zero-order valence-corrected chi connectivity index (χ0v) is 10.8. The van der Waals surface area contributed by atoms with Gasteiger partial charge in [-0.05, 0) is 38.1 Å². The lowest BCUT2D eigenvalue weighted by molar-refractivity contribution is -0.156. The van der Waals surface area contributed by atoms with Gasteiger partial charge < -0.3 is 10.0 Å². The number of hydrogen-bond donors (Lipinski definition) is 1. The van der Waals surface area contributed by atoms with Crippen LogP contribution in [0.3, 0.4) is 0 Å². The quantitative estimate of drug-likeness (QED) is 0.893. The van der Waals surface area contributed by atoms with Gasteiger partial charge in [-0.2, -0.15) is 0 Å². The maximum Gasteiger partial charge on any atom is 0.310 e. The SMILES string of the molecule is CN(Cc1cc(F)ccc1F)CC1(C(=O)O)CCC1. The van der Waals surface area contributed by atoms with Crippen LogP contribution in [0, 0.1) is 17.0 Å². The van der Waals surface area contributed by atoms with Crippen molar-refractivity contribution in [2.75, 3.05) is 13.6 Å². The van der Waals surface area contributed by atoms with Gasteiger partial charge in [0.05, 0.1) is 5.41 Å². The number of carboxylic acids is 1. The number of nitrogens with zero attached hydrogens (tertiary/aromatic N) is 1. The van der Waals surface area contributed by atoms with Crippen molar-refractivity contribution in [3.05, 3.63) is 35.4 Å². The molecule has 0 radical (unpaired) electrons. The van der Waals surface area contributed by atoms with Crippen LogP contribution in [0.2, 0.25) is 0 Å². The first-order chi connectivity index (χ1) is 8.93. The molecule has 0 heterocycles. The second-order valence-electron chi connectivity index (χ2n) is 5.35. The molecule has 0 bridgehead atoms. The lowest BCUT2D eigenvalue weighted by atomic mass is 9.68. The fourth-order valence-corrected chi connectivity index (χ4v) is 2.57.